The minimum absolute atomic E-state index is 0.0540. The Morgan fingerprint density at radius 3 is 2.26 bits per heavy atom. The SMILES string of the molecule is CCC(CC)N1C(=O)C(C)(CC)NC(=O)C1C1CC1. The Morgan fingerprint density at radius 1 is 1.26 bits per heavy atom. The number of piperazine rings is 1. The van der Waals surface area contributed by atoms with Crippen molar-refractivity contribution in [1.29, 1.82) is 0 Å². The molecule has 4 nitrogen and oxygen atoms in total. The number of carbonyl (C=O) groups excluding carboxylic acids is 2. The predicted molar refractivity (Wildman–Crippen MR) is 74.6 cm³/mol. The monoisotopic (exact) mass is 266 g/mol. The molecule has 0 aromatic rings. The van der Waals surface area contributed by atoms with E-state index in [9.17, 15) is 9.59 Å². The second-order valence-electron chi connectivity index (χ2n) is 6.14. The Bertz CT molecular complexity index is 374. The highest BCUT2D eigenvalue weighted by Gasteiger charge is 2.53. The molecule has 1 saturated heterocycles. The normalized spacial score (nSPS) is 31.8. The number of hydrogen-bond acceptors (Lipinski definition) is 2. The lowest BCUT2D eigenvalue weighted by molar-refractivity contribution is -0.158. The number of nitrogens with one attached hydrogen (secondary N) is 1. The molecule has 2 fully saturated rings. The maximum Gasteiger partial charge on any atom is 0.248 e. The Hall–Kier alpha value is -1.06. The van der Waals surface area contributed by atoms with E-state index >= 15 is 0 Å². The molecule has 0 radical (unpaired) electrons. The fraction of sp³-hybridized carbons (Fsp3) is 0.867. The molecule has 0 spiro atoms. The van der Waals surface area contributed by atoms with Gasteiger partial charge in [0, 0.05) is 6.04 Å². The predicted octanol–water partition coefficient (Wildman–Crippen LogP) is 2.08. The van der Waals surface area contributed by atoms with Crippen molar-refractivity contribution in [3.05, 3.63) is 0 Å². The Labute approximate surface area is 115 Å². The average molecular weight is 266 g/mol. The van der Waals surface area contributed by atoms with Crippen molar-refractivity contribution in [3.63, 3.8) is 0 Å². The summed E-state index contributed by atoms with van der Waals surface area (Å²) in [5, 5.41) is 2.97. The third-order valence-corrected chi connectivity index (χ3v) is 4.79. The quantitative estimate of drug-likeness (QED) is 0.828. The highest BCUT2D eigenvalue weighted by atomic mass is 16.2. The fourth-order valence-electron chi connectivity index (χ4n) is 3.10. The molecule has 1 aliphatic heterocycles. The number of nitrogens with zero attached hydrogens (tertiary/aromatic N) is 1. The van der Waals surface area contributed by atoms with Gasteiger partial charge in [-0.2, -0.15) is 0 Å². The summed E-state index contributed by atoms with van der Waals surface area (Å²) in [7, 11) is 0. The van der Waals surface area contributed by atoms with Gasteiger partial charge in [0.15, 0.2) is 0 Å². The number of amides is 2. The molecule has 1 saturated carbocycles. The van der Waals surface area contributed by atoms with Crippen LogP contribution in [0.5, 0.6) is 0 Å². The van der Waals surface area contributed by atoms with E-state index in [0.717, 1.165) is 25.7 Å². The minimum Gasteiger partial charge on any atom is -0.340 e. The van der Waals surface area contributed by atoms with Gasteiger partial charge in [-0.25, -0.2) is 0 Å². The highest BCUT2D eigenvalue weighted by molar-refractivity contribution is 6.00. The van der Waals surface area contributed by atoms with Crippen LogP contribution in [0.3, 0.4) is 0 Å². The summed E-state index contributed by atoms with van der Waals surface area (Å²) in [6.45, 7) is 8.01. The van der Waals surface area contributed by atoms with Crippen molar-refractivity contribution < 1.29 is 9.59 Å². The summed E-state index contributed by atoms with van der Waals surface area (Å²) in [6, 6.07) is -0.0351. The molecular weight excluding hydrogens is 240 g/mol. The molecule has 1 N–H and O–H groups in total. The standard InChI is InChI=1S/C15H26N2O2/c1-5-11(6-2)17-12(10-8-9-10)13(18)16-15(4,7-3)14(17)19/h10-12H,5-9H2,1-4H3,(H,16,18). The Morgan fingerprint density at radius 2 is 1.84 bits per heavy atom. The van der Waals surface area contributed by atoms with E-state index in [4.69, 9.17) is 0 Å². The van der Waals surface area contributed by atoms with Crippen molar-refractivity contribution in [2.45, 2.75) is 77.4 Å². The van der Waals surface area contributed by atoms with Gasteiger partial charge in [-0.05, 0) is 44.9 Å². The van der Waals surface area contributed by atoms with Crippen LogP contribution < -0.4 is 5.32 Å². The molecule has 2 rings (SSSR count). The molecular formula is C15H26N2O2. The Balaban J connectivity index is 2.34. The van der Waals surface area contributed by atoms with Crippen molar-refractivity contribution in [3.8, 4) is 0 Å². The molecule has 4 heteroatoms. The first kappa shape index (κ1) is 14.4. The number of carbonyl (C=O) groups is 2. The van der Waals surface area contributed by atoms with E-state index < -0.39 is 5.54 Å². The second-order valence-corrected chi connectivity index (χ2v) is 6.14. The van der Waals surface area contributed by atoms with Crippen molar-refractivity contribution in [2.24, 2.45) is 5.92 Å². The zero-order valence-electron chi connectivity index (χ0n) is 12.5. The smallest absolute Gasteiger partial charge is 0.248 e. The van der Waals surface area contributed by atoms with Crippen LogP contribution in [0.2, 0.25) is 0 Å². The number of hydrogen-bond donors (Lipinski definition) is 1. The van der Waals surface area contributed by atoms with E-state index in [1.165, 1.54) is 0 Å². The van der Waals surface area contributed by atoms with Gasteiger partial charge in [-0.15, -0.1) is 0 Å². The maximum atomic E-state index is 12.8. The van der Waals surface area contributed by atoms with Gasteiger partial charge in [0.05, 0.1) is 0 Å². The Kier molecular flexibility index (Phi) is 3.88. The lowest BCUT2D eigenvalue weighted by Crippen LogP contribution is -2.71. The molecule has 108 valence electrons. The second kappa shape index (κ2) is 5.14. The largest absolute Gasteiger partial charge is 0.340 e. The summed E-state index contributed by atoms with van der Waals surface area (Å²) in [5.74, 6) is 0.546. The zero-order chi connectivity index (χ0) is 14.2. The van der Waals surface area contributed by atoms with E-state index in [1.54, 1.807) is 0 Å². The topological polar surface area (TPSA) is 49.4 Å². The van der Waals surface area contributed by atoms with E-state index in [2.05, 4.69) is 19.2 Å². The molecule has 2 amide bonds. The van der Waals surface area contributed by atoms with E-state index in [-0.39, 0.29) is 23.9 Å². The summed E-state index contributed by atoms with van der Waals surface area (Å²) in [6.07, 6.45) is 4.62. The summed E-state index contributed by atoms with van der Waals surface area (Å²) < 4.78 is 0. The maximum absolute atomic E-state index is 12.8. The zero-order valence-corrected chi connectivity index (χ0v) is 12.5. The first-order valence-corrected chi connectivity index (χ1v) is 7.63. The van der Waals surface area contributed by atoms with Gasteiger partial charge in [-0.1, -0.05) is 20.8 Å². The van der Waals surface area contributed by atoms with Gasteiger partial charge in [0.2, 0.25) is 11.8 Å². The minimum atomic E-state index is -0.717. The van der Waals surface area contributed by atoms with Crippen LogP contribution in [0.4, 0.5) is 0 Å². The van der Waals surface area contributed by atoms with Crippen LogP contribution in [0.25, 0.3) is 0 Å². The van der Waals surface area contributed by atoms with Crippen LogP contribution >= 0.6 is 0 Å². The third-order valence-electron chi connectivity index (χ3n) is 4.79. The molecule has 2 atom stereocenters. The lowest BCUT2D eigenvalue weighted by Gasteiger charge is -2.47. The summed E-state index contributed by atoms with van der Waals surface area (Å²) in [5.41, 5.74) is -0.717. The summed E-state index contributed by atoms with van der Waals surface area (Å²) >= 11 is 0. The molecule has 1 heterocycles. The molecule has 19 heavy (non-hydrogen) atoms. The molecule has 0 bridgehead atoms. The molecule has 0 aromatic heterocycles. The molecule has 2 aliphatic rings. The van der Waals surface area contributed by atoms with Crippen LogP contribution in [0.15, 0.2) is 0 Å². The molecule has 2 unspecified atom stereocenters. The molecule has 1 aliphatic carbocycles. The van der Waals surface area contributed by atoms with Gasteiger partial charge in [-0.3, -0.25) is 9.59 Å². The van der Waals surface area contributed by atoms with Gasteiger partial charge in [0.1, 0.15) is 11.6 Å². The fourth-order valence-corrected chi connectivity index (χ4v) is 3.10. The third kappa shape index (κ3) is 2.37. The van der Waals surface area contributed by atoms with Crippen molar-refractivity contribution in [2.75, 3.05) is 0 Å². The van der Waals surface area contributed by atoms with Crippen molar-refractivity contribution >= 4 is 11.8 Å². The van der Waals surface area contributed by atoms with Crippen molar-refractivity contribution in [1.82, 2.24) is 10.2 Å². The lowest BCUT2D eigenvalue weighted by atomic mass is 9.88. The molecule has 0 aromatic carbocycles. The average Bonchev–Trinajstić information content (AvgIpc) is 3.21. The van der Waals surface area contributed by atoms with Gasteiger partial charge in [0.25, 0.3) is 0 Å². The van der Waals surface area contributed by atoms with E-state index in [0.29, 0.717) is 12.3 Å². The summed E-state index contributed by atoms with van der Waals surface area (Å²) in [4.78, 5) is 27.2. The van der Waals surface area contributed by atoms with E-state index in [1.807, 2.05) is 18.7 Å². The van der Waals surface area contributed by atoms with Crippen LogP contribution in [-0.2, 0) is 9.59 Å². The van der Waals surface area contributed by atoms with Crippen LogP contribution in [-0.4, -0.2) is 34.3 Å². The number of rotatable bonds is 5. The first-order valence-electron chi connectivity index (χ1n) is 7.63. The van der Waals surface area contributed by atoms with Gasteiger partial charge >= 0.3 is 0 Å². The van der Waals surface area contributed by atoms with Gasteiger partial charge < -0.3 is 10.2 Å². The van der Waals surface area contributed by atoms with Crippen LogP contribution in [0.1, 0.15) is 59.8 Å². The van der Waals surface area contributed by atoms with Crippen LogP contribution in [0, 0.1) is 5.92 Å². The highest BCUT2D eigenvalue weighted by Crippen LogP contribution is 2.40. The first-order chi connectivity index (χ1) is 8.98.